The Morgan fingerprint density at radius 3 is 2.82 bits per heavy atom. The predicted molar refractivity (Wildman–Crippen MR) is 125 cm³/mol. The van der Waals surface area contributed by atoms with Crippen molar-refractivity contribution in [2.24, 2.45) is 5.16 Å². The third-order valence-corrected chi connectivity index (χ3v) is 6.73. The van der Waals surface area contributed by atoms with Crippen LogP contribution in [0.15, 0.2) is 58.2 Å². The number of oxime groups is 1. The minimum absolute atomic E-state index is 0.0549. The van der Waals surface area contributed by atoms with Crippen molar-refractivity contribution in [2.45, 2.75) is 4.90 Å². The van der Waals surface area contributed by atoms with E-state index in [2.05, 4.69) is 15.4 Å². The molecule has 0 aromatic heterocycles. The van der Waals surface area contributed by atoms with E-state index in [1.165, 1.54) is 18.9 Å². The van der Waals surface area contributed by atoms with E-state index < -0.39 is 5.97 Å². The summed E-state index contributed by atoms with van der Waals surface area (Å²) in [5, 5.41) is 7.71. The first-order chi connectivity index (χ1) is 16.2. The highest BCUT2D eigenvalue weighted by molar-refractivity contribution is 8.15. The van der Waals surface area contributed by atoms with E-state index in [0.717, 1.165) is 49.0 Å². The molecule has 2 aromatic carbocycles. The minimum Gasteiger partial charge on any atom is -0.465 e. The van der Waals surface area contributed by atoms with Crippen LogP contribution >= 0.6 is 11.8 Å². The lowest BCUT2D eigenvalue weighted by Gasteiger charge is -2.25. The van der Waals surface area contributed by atoms with Gasteiger partial charge in [-0.1, -0.05) is 23.4 Å². The highest BCUT2D eigenvalue weighted by Gasteiger charge is 2.35. The molecule has 3 heterocycles. The molecule has 0 atom stereocenters. The van der Waals surface area contributed by atoms with Crippen LogP contribution in [0.4, 0.5) is 5.69 Å². The van der Waals surface area contributed by atoms with Crippen LogP contribution in [-0.2, 0) is 19.1 Å². The first-order valence-electron chi connectivity index (χ1n) is 10.7. The number of nitrogens with zero attached hydrogens (tertiary/aromatic N) is 2. The summed E-state index contributed by atoms with van der Waals surface area (Å²) in [5.74, 6) is -0.440. The molecular formula is C24H23N3O5S. The van der Waals surface area contributed by atoms with E-state index in [-0.39, 0.29) is 5.12 Å². The maximum Gasteiger partial charge on any atom is 0.337 e. The third-order valence-electron chi connectivity index (χ3n) is 5.76. The Morgan fingerprint density at radius 1 is 1.18 bits per heavy atom. The van der Waals surface area contributed by atoms with Gasteiger partial charge in [0, 0.05) is 41.3 Å². The highest BCUT2D eigenvalue weighted by atomic mass is 32.2. The van der Waals surface area contributed by atoms with Crippen molar-refractivity contribution in [3.63, 3.8) is 0 Å². The smallest absolute Gasteiger partial charge is 0.337 e. The van der Waals surface area contributed by atoms with E-state index in [4.69, 9.17) is 14.3 Å². The van der Waals surface area contributed by atoms with Crippen LogP contribution in [0, 0.1) is 0 Å². The van der Waals surface area contributed by atoms with Crippen molar-refractivity contribution >= 4 is 39.8 Å². The van der Waals surface area contributed by atoms with Gasteiger partial charge < -0.3 is 19.6 Å². The summed E-state index contributed by atoms with van der Waals surface area (Å²) in [5.41, 5.74) is 4.34. The number of thioether (sulfide) groups is 1. The van der Waals surface area contributed by atoms with E-state index in [0.29, 0.717) is 34.7 Å². The van der Waals surface area contributed by atoms with E-state index in [9.17, 15) is 9.59 Å². The zero-order chi connectivity index (χ0) is 22.8. The Hall–Kier alpha value is -3.14. The van der Waals surface area contributed by atoms with Crippen LogP contribution in [-0.4, -0.2) is 68.3 Å². The van der Waals surface area contributed by atoms with Gasteiger partial charge in [0.25, 0.3) is 0 Å². The van der Waals surface area contributed by atoms with Gasteiger partial charge in [0.15, 0.2) is 0 Å². The number of methoxy groups -OCH3 is 1. The van der Waals surface area contributed by atoms with Gasteiger partial charge in [-0.15, -0.1) is 0 Å². The molecule has 0 saturated carbocycles. The van der Waals surface area contributed by atoms with Crippen LogP contribution in [0.25, 0.3) is 5.57 Å². The molecule has 0 unspecified atom stereocenters. The monoisotopic (exact) mass is 465 g/mol. The zero-order valence-electron chi connectivity index (χ0n) is 18.1. The van der Waals surface area contributed by atoms with Crippen molar-refractivity contribution in [2.75, 3.05) is 51.9 Å². The second-order valence-electron chi connectivity index (χ2n) is 7.74. The third kappa shape index (κ3) is 4.27. The summed E-state index contributed by atoms with van der Waals surface area (Å²) >= 11 is 1.20. The molecule has 0 bridgehead atoms. The normalized spacial score (nSPS) is 21.0. The number of nitrogens with one attached hydrogen (secondary N) is 1. The molecule has 3 aliphatic rings. The van der Waals surface area contributed by atoms with E-state index >= 15 is 0 Å². The number of anilines is 1. The Labute approximate surface area is 195 Å². The number of rotatable bonds is 5. The summed E-state index contributed by atoms with van der Waals surface area (Å²) in [7, 11) is 1.34. The van der Waals surface area contributed by atoms with Gasteiger partial charge in [0.1, 0.15) is 12.3 Å². The number of morpholine rings is 1. The van der Waals surface area contributed by atoms with E-state index in [1.54, 1.807) is 18.2 Å². The maximum atomic E-state index is 12.9. The lowest BCUT2D eigenvalue weighted by Crippen LogP contribution is -2.38. The molecule has 170 valence electrons. The molecule has 5 rings (SSSR count). The van der Waals surface area contributed by atoms with Gasteiger partial charge >= 0.3 is 5.97 Å². The van der Waals surface area contributed by atoms with Crippen LogP contribution < -0.4 is 5.32 Å². The molecule has 9 heteroatoms. The number of hydrogen-bond acceptors (Lipinski definition) is 9. The van der Waals surface area contributed by atoms with Gasteiger partial charge in [0.2, 0.25) is 5.12 Å². The quantitative estimate of drug-likeness (QED) is 0.312. The van der Waals surface area contributed by atoms with Crippen molar-refractivity contribution in [3.05, 3.63) is 64.9 Å². The Morgan fingerprint density at radius 2 is 2.00 bits per heavy atom. The second-order valence-corrected chi connectivity index (χ2v) is 8.75. The molecule has 0 radical (unpaired) electrons. The standard InChI is InChI=1S/C24H23N3O5S/c1-30-23(28)15-6-7-18-17(14-15)21(26-32-13-10-27-8-11-31-12-9-27)22(25-18)20-16-4-2-3-5-19(16)33-24(20)29/h2-7,14,25H,8-13H2,1H3/b22-20-,26-21+. The maximum absolute atomic E-state index is 12.9. The highest BCUT2D eigenvalue weighted by Crippen LogP contribution is 2.44. The SMILES string of the molecule is COC(=O)c1ccc2c(c1)C(=N\OCCN1CCOCC1)/C(=C1/C(=O)Sc3ccccc31)N2. The summed E-state index contributed by atoms with van der Waals surface area (Å²) in [6.45, 7) is 4.30. The van der Waals surface area contributed by atoms with Crippen molar-refractivity contribution < 1.29 is 23.9 Å². The van der Waals surface area contributed by atoms with E-state index in [1.807, 2.05) is 24.3 Å². The molecule has 0 spiro atoms. The molecule has 1 N–H and O–H groups in total. The minimum atomic E-state index is -0.440. The summed E-state index contributed by atoms with van der Waals surface area (Å²) in [4.78, 5) is 33.9. The molecule has 0 aliphatic carbocycles. The number of fused-ring (bicyclic) bond motifs is 2. The van der Waals surface area contributed by atoms with Crippen molar-refractivity contribution in [3.8, 4) is 0 Å². The second kappa shape index (κ2) is 9.38. The summed E-state index contributed by atoms with van der Waals surface area (Å²) < 4.78 is 10.3. The van der Waals surface area contributed by atoms with Gasteiger partial charge in [-0.3, -0.25) is 9.69 Å². The Balaban J connectivity index is 1.50. The molecule has 2 aromatic rings. The van der Waals surface area contributed by atoms with Crippen LogP contribution in [0.3, 0.4) is 0 Å². The first-order valence-corrected chi connectivity index (χ1v) is 11.5. The van der Waals surface area contributed by atoms with Gasteiger partial charge in [-0.2, -0.15) is 0 Å². The molecule has 33 heavy (non-hydrogen) atoms. The summed E-state index contributed by atoms with van der Waals surface area (Å²) in [6, 6.07) is 12.9. The topological polar surface area (TPSA) is 89.5 Å². The van der Waals surface area contributed by atoms with Crippen molar-refractivity contribution in [1.29, 1.82) is 0 Å². The largest absolute Gasteiger partial charge is 0.465 e. The fourth-order valence-electron chi connectivity index (χ4n) is 4.06. The molecule has 3 aliphatic heterocycles. The lowest BCUT2D eigenvalue weighted by atomic mass is 10.0. The number of carbonyl (C=O) groups excluding carboxylic acids is 2. The fraction of sp³-hybridized carbons (Fsp3) is 0.292. The zero-order valence-corrected chi connectivity index (χ0v) is 18.9. The van der Waals surface area contributed by atoms with Gasteiger partial charge in [-0.25, -0.2) is 4.79 Å². The molecule has 8 nitrogen and oxygen atoms in total. The van der Waals surface area contributed by atoms with Crippen LogP contribution in [0.2, 0.25) is 0 Å². The summed E-state index contributed by atoms with van der Waals surface area (Å²) in [6.07, 6.45) is 0. The average Bonchev–Trinajstić information content (AvgIpc) is 3.37. The molecule has 1 saturated heterocycles. The molecular weight excluding hydrogens is 442 g/mol. The number of carbonyl (C=O) groups is 2. The number of ether oxygens (including phenoxy) is 2. The van der Waals surface area contributed by atoms with Crippen molar-refractivity contribution in [1.82, 2.24) is 4.90 Å². The molecule has 0 amide bonds. The van der Waals surface area contributed by atoms with Crippen LogP contribution in [0.5, 0.6) is 0 Å². The number of allylic oxidation sites excluding steroid dienone is 1. The molecule has 1 fully saturated rings. The lowest BCUT2D eigenvalue weighted by molar-refractivity contribution is -0.106. The predicted octanol–water partition coefficient (Wildman–Crippen LogP) is 3.00. The Kier molecular flexibility index (Phi) is 6.17. The average molecular weight is 466 g/mol. The first kappa shape index (κ1) is 21.7. The number of esters is 1. The number of hydrogen-bond donors (Lipinski definition) is 1. The van der Waals surface area contributed by atoms with Gasteiger partial charge in [-0.05, 0) is 36.0 Å². The van der Waals surface area contributed by atoms with Crippen LogP contribution in [0.1, 0.15) is 21.5 Å². The Bertz CT molecular complexity index is 1170. The van der Waals surface area contributed by atoms with Gasteiger partial charge in [0.05, 0.1) is 37.2 Å². The fourth-order valence-corrected chi connectivity index (χ4v) is 5.00. The number of benzene rings is 2.